The zero-order chi connectivity index (χ0) is 11.2. The molecule has 0 saturated heterocycles. The smallest absolute Gasteiger partial charge is 0.0719 e. The van der Waals surface area contributed by atoms with Crippen molar-refractivity contribution in [2.24, 2.45) is 0 Å². The lowest BCUT2D eigenvalue weighted by atomic mass is 10.1. The highest BCUT2D eigenvalue weighted by atomic mass is 16.5. The van der Waals surface area contributed by atoms with E-state index in [4.69, 9.17) is 4.74 Å². The zero-order valence-corrected chi connectivity index (χ0v) is 10.0. The lowest BCUT2D eigenvalue weighted by Gasteiger charge is -2.09. The number of benzene rings is 1. The van der Waals surface area contributed by atoms with Crippen LogP contribution in [0.3, 0.4) is 0 Å². The minimum atomic E-state index is 0.746. The molecule has 0 unspecified atom stereocenters. The standard InChI is InChI=1S/C14H21NO/c1-2-16-11-13-6-4-3-5-12(13)9-10-15-14-7-8-14/h3-6,14-15H,2,7-11H2,1H3. The van der Waals surface area contributed by atoms with Crippen LogP contribution in [0.25, 0.3) is 0 Å². The number of hydrogen-bond acceptors (Lipinski definition) is 2. The maximum atomic E-state index is 5.48. The van der Waals surface area contributed by atoms with Gasteiger partial charge in [0.15, 0.2) is 0 Å². The molecule has 0 amide bonds. The number of nitrogens with one attached hydrogen (secondary N) is 1. The second-order valence-corrected chi connectivity index (χ2v) is 4.38. The molecule has 2 heteroatoms. The molecular formula is C14H21NO. The normalized spacial score (nSPS) is 15.3. The Morgan fingerprint density at radius 1 is 1.25 bits per heavy atom. The molecule has 2 nitrogen and oxygen atoms in total. The number of rotatable bonds is 7. The summed E-state index contributed by atoms with van der Waals surface area (Å²) in [6, 6.07) is 9.39. The Morgan fingerprint density at radius 3 is 2.69 bits per heavy atom. The van der Waals surface area contributed by atoms with Crippen molar-refractivity contribution in [2.75, 3.05) is 13.2 Å². The predicted octanol–water partition coefficient (Wildman–Crippen LogP) is 2.52. The van der Waals surface area contributed by atoms with E-state index in [0.717, 1.165) is 32.2 Å². The fraction of sp³-hybridized carbons (Fsp3) is 0.571. The molecule has 0 heterocycles. The van der Waals surface area contributed by atoms with E-state index < -0.39 is 0 Å². The van der Waals surface area contributed by atoms with Crippen LogP contribution in [0.4, 0.5) is 0 Å². The highest BCUT2D eigenvalue weighted by molar-refractivity contribution is 5.26. The SMILES string of the molecule is CCOCc1ccccc1CCNC1CC1. The lowest BCUT2D eigenvalue weighted by molar-refractivity contribution is 0.133. The Balaban J connectivity index is 1.84. The number of hydrogen-bond donors (Lipinski definition) is 1. The van der Waals surface area contributed by atoms with E-state index >= 15 is 0 Å². The molecule has 1 fully saturated rings. The van der Waals surface area contributed by atoms with Crippen molar-refractivity contribution in [3.63, 3.8) is 0 Å². The fourth-order valence-corrected chi connectivity index (χ4v) is 1.85. The average molecular weight is 219 g/mol. The summed E-state index contributed by atoms with van der Waals surface area (Å²) >= 11 is 0. The Kier molecular flexibility index (Phi) is 4.37. The highest BCUT2D eigenvalue weighted by Gasteiger charge is 2.19. The van der Waals surface area contributed by atoms with Gasteiger partial charge in [-0.25, -0.2) is 0 Å². The van der Waals surface area contributed by atoms with E-state index in [1.165, 1.54) is 24.0 Å². The summed E-state index contributed by atoms with van der Waals surface area (Å²) in [6.07, 6.45) is 3.83. The molecule has 0 bridgehead atoms. The third kappa shape index (κ3) is 3.62. The summed E-state index contributed by atoms with van der Waals surface area (Å²) < 4.78 is 5.48. The van der Waals surface area contributed by atoms with Crippen molar-refractivity contribution in [3.8, 4) is 0 Å². The first-order valence-electron chi connectivity index (χ1n) is 6.28. The molecule has 1 aromatic carbocycles. The molecule has 0 aliphatic heterocycles. The Bertz CT molecular complexity index is 320. The lowest BCUT2D eigenvalue weighted by Crippen LogP contribution is -2.19. The average Bonchev–Trinajstić information content (AvgIpc) is 3.12. The van der Waals surface area contributed by atoms with Crippen LogP contribution in [0.15, 0.2) is 24.3 Å². The quantitative estimate of drug-likeness (QED) is 0.761. The van der Waals surface area contributed by atoms with Gasteiger partial charge in [-0.05, 0) is 43.9 Å². The van der Waals surface area contributed by atoms with Crippen LogP contribution < -0.4 is 5.32 Å². The third-order valence-electron chi connectivity index (χ3n) is 2.98. The third-order valence-corrected chi connectivity index (χ3v) is 2.98. The van der Waals surface area contributed by atoms with Crippen LogP contribution in [0.1, 0.15) is 30.9 Å². The van der Waals surface area contributed by atoms with E-state index in [2.05, 4.69) is 29.6 Å². The molecule has 88 valence electrons. The van der Waals surface area contributed by atoms with Gasteiger partial charge >= 0.3 is 0 Å². The van der Waals surface area contributed by atoms with Gasteiger partial charge in [0.05, 0.1) is 6.61 Å². The molecule has 1 aliphatic rings. The van der Waals surface area contributed by atoms with Gasteiger partial charge in [-0.15, -0.1) is 0 Å². The second kappa shape index (κ2) is 6.02. The van der Waals surface area contributed by atoms with Crippen molar-refractivity contribution in [1.29, 1.82) is 0 Å². The summed E-state index contributed by atoms with van der Waals surface area (Å²) in [5.74, 6) is 0. The highest BCUT2D eigenvalue weighted by Crippen LogP contribution is 2.18. The summed E-state index contributed by atoms with van der Waals surface area (Å²) in [5, 5.41) is 3.55. The molecule has 1 aromatic rings. The van der Waals surface area contributed by atoms with Gasteiger partial charge in [0, 0.05) is 12.6 Å². The van der Waals surface area contributed by atoms with Crippen molar-refractivity contribution in [2.45, 2.75) is 38.8 Å². The first kappa shape index (κ1) is 11.6. The minimum absolute atomic E-state index is 0.746. The van der Waals surface area contributed by atoms with Crippen molar-refractivity contribution in [1.82, 2.24) is 5.32 Å². The van der Waals surface area contributed by atoms with Crippen LogP contribution >= 0.6 is 0 Å². The van der Waals surface area contributed by atoms with E-state index in [1.54, 1.807) is 0 Å². The second-order valence-electron chi connectivity index (χ2n) is 4.38. The first-order chi connectivity index (χ1) is 7.90. The number of ether oxygens (including phenoxy) is 1. The Labute approximate surface area is 98.0 Å². The molecule has 1 N–H and O–H groups in total. The van der Waals surface area contributed by atoms with Gasteiger partial charge in [-0.1, -0.05) is 24.3 Å². The summed E-state index contributed by atoms with van der Waals surface area (Å²) in [5.41, 5.74) is 2.76. The molecular weight excluding hydrogens is 198 g/mol. The van der Waals surface area contributed by atoms with Crippen LogP contribution in [-0.2, 0) is 17.8 Å². The fourth-order valence-electron chi connectivity index (χ4n) is 1.85. The molecule has 1 saturated carbocycles. The summed E-state index contributed by atoms with van der Waals surface area (Å²) in [4.78, 5) is 0. The molecule has 16 heavy (non-hydrogen) atoms. The first-order valence-corrected chi connectivity index (χ1v) is 6.28. The van der Waals surface area contributed by atoms with Crippen molar-refractivity contribution < 1.29 is 4.74 Å². The molecule has 0 aromatic heterocycles. The van der Waals surface area contributed by atoms with Crippen LogP contribution in [-0.4, -0.2) is 19.2 Å². The topological polar surface area (TPSA) is 21.3 Å². The van der Waals surface area contributed by atoms with Gasteiger partial charge in [0.1, 0.15) is 0 Å². The summed E-state index contributed by atoms with van der Waals surface area (Å²) in [7, 11) is 0. The van der Waals surface area contributed by atoms with Crippen LogP contribution in [0.2, 0.25) is 0 Å². The van der Waals surface area contributed by atoms with Crippen molar-refractivity contribution in [3.05, 3.63) is 35.4 Å². The monoisotopic (exact) mass is 219 g/mol. The van der Waals surface area contributed by atoms with Crippen molar-refractivity contribution >= 4 is 0 Å². The van der Waals surface area contributed by atoms with Gasteiger partial charge in [-0.2, -0.15) is 0 Å². The van der Waals surface area contributed by atoms with Gasteiger partial charge < -0.3 is 10.1 Å². The van der Waals surface area contributed by atoms with Gasteiger partial charge in [-0.3, -0.25) is 0 Å². The van der Waals surface area contributed by atoms with Gasteiger partial charge in [0.25, 0.3) is 0 Å². The van der Waals surface area contributed by atoms with E-state index in [-0.39, 0.29) is 0 Å². The molecule has 0 radical (unpaired) electrons. The zero-order valence-electron chi connectivity index (χ0n) is 10.0. The predicted molar refractivity (Wildman–Crippen MR) is 66.5 cm³/mol. The van der Waals surface area contributed by atoms with E-state index in [1.807, 2.05) is 6.92 Å². The largest absolute Gasteiger partial charge is 0.377 e. The van der Waals surface area contributed by atoms with Crippen LogP contribution in [0.5, 0.6) is 0 Å². The maximum absolute atomic E-state index is 5.48. The Morgan fingerprint density at radius 2 is 2.00 bits per heavy atom. The van der Waals surface area contributed by atoms with E-state index in [9.17, 15) is 0 Å². The van der Waals surface area contributed by atoms with E-state index in [0.29, 0.717) is 0 Å². The molecule has 0 atom stereocenters. The minimum Gasteiger partial charge on any atom is -0.377 e. The molecule has 2 rings (SSSR count). The Hall–Kier alpha value is -0.860. The molecule has 0 spiro atoms. The molecule has 1 aliphatic carbocycles. The van der Waals surface area contributed by atoms with Gasteiger partial charge in [0.2, 0.25) is 0 Å². The van der Waals surface area contributed by atoms with Crippen LogP contribution in [0, 0.1) is 0 Å². The maximum Gasteiger partial charge on any atom is 0.0719 e. The summed E-state index contributed by atoms with van der Waals surface area (Å²) in [6.45, 7) is 4.66.